The number of hydrogen-bond acceptors (Lipinski definition) is 3. The van der Waals surface area contributed by atoms with Gasteiger partial charge < -0.3 is 5.32 Å². The highest BCUT2D eigenvalue weighted by atomic mass is 35.5. The number of carbonyl (C=O) groups is 1. The number of hydrogen-bond donors (Lipinski definition) is 2. The van der Waals surface area contributed by atoms with E-state index < -0.39 is 27.6 Å². The lowest BCUT2D eigenvalue weighted by Crippen LogP contribution is -2.15. The first-order chi connectivity index (χ1) is 10.7. The molecule has 0 atom stereocenters. The molecule has 122 valence electrons. The van der Waals surface area contributed by atoms with Crippen molar-refractivity contribution >= 4 is 38.9 Å². The highest BCUT2D eigenvalue weighted by Gasteiger charge is 2.14. The van der Waals surface area contributed by atoms with Crippen molar-refractivity contribution in [3.8, 4) is 0 Å². The van der Waals surface area contributed by atoms with Gasteiger partial charge >= 0.3 is 0 Å². The predicted molar refractivity (Wildman–Crippen MR) is 84.2 cm³/mol. The van der Waals surface area contributed by atoms with E-state index in [-0.39, 0.29) is 22.0 Å². The van der Waals surface area contributed by atoms with Gasteiger partial charge in [-0.15, -0.1) is 0 Å². The topological polar surface area (TPSA) is 75.3 Å². The summed E-state index contributed by atoms with van der Waals surface area (Å²) in [4.78, 5) is 12.0. The highest BCUT2D eigenvalue weighted by molar-refractivity contribution is 7.92. The number of nitrogens with one attached hydrogen (secondary N) is 2. The van der Waals surface area contributed by atoms with Crippen LogP contribution in [-0.4, -0.2) is 20.6 Å². The van der Waals surface area contributed by atoms with E-state index in [1.165, 1.54) is 12.1 Å². The van der Waals surface area contributed by atoms with Crippen molar-refractivity contribution in [2.75, 3.05) is 16.3 Å². The summed E-state index contributed by atoms with van der Waals surface area (Å²) < 4.78 is 51.5. The molecule has 0 spiro atoms. The van der Waals surface area contributed by atoms with Gasteiger partial charge in [-0.25, -0.2) is 17.2 Å². The van der Waals surface area contributed by atoms with Gasteiger partial charge in [-0.1, -0.05) is 11.6 Å². The lowest BCUT2D eigenvalue weighted by Gasteiger charge is -2.10. The molecule has 0 radical (unpaired) electrons. The number of amides is 1. The van der Waals surface area contributed by atoms with Gasteiger partial charge in [-0.05, 0) is 36.4 Å². The van der Waals surface area contributed by atoms with Crippen LogP contribution in [0.4, 0.5) is 20.2 Å². The molecule has 0 fully saturated rings. The van der Waals surface area contributed by atoms with E-state index in [0.29, 0.717) is 0 Å². The Morgan fingerprint density at radius 3 is 2.39 bits per heavy atom. The molecular formula is C14H11ClF2N2O3S. The summed E-state index contributed by atoms with van der Waals surface area (Å²) in [7, 11) is -3.69. The van der Waals surface area contributed by atoms with Crippen LogP contribution in [0, 0.1) is 11.6 Å². The SMILES string of the molecule is CS(=O)(=O)Nc1cc(NC(=O)c2cc(Cl)ccc2F)ccc1F. The lowest BCUT2D eigenvalue weighted by atomic mass is 10.2. The number of sulfonamides is 1. The van der Waals surface area contributed by atoms with E-state index >= 15 is 0 Å². The fraction of sp³-hybridized carbons (Fsp3) is 0.0714. The van der Waals surface area contributed by atoms with E-state index in [9.17, 15) is 22.0 Å². The summed E-state index contributed by atoms with van der Waals surface area (Å²) >= 11 is 5.71. The van der Waals surface area contributed by atoms with E-state index in [1.54, 1.807) is 0 Å². The summed E-state index contributed by atoms with van der Waals surface area (Å²) in [5.74, 6) is -2.40. The van der Waals surface area contributed by atoms with Crippen molar-refractivity contribution in [1.82, 2.24) is 0 Å². The fourth-order valence-electron chi connectivity index (χ4n) is 1.75. The molecular weight excluding hydrogens is 350 g/mol. The Kier molecular flexibility index (Phi) is 4.86. The smallest absolute Gasteiger partial charge is 0.258 e. The number of carbonyl (C=O) groups excluding carboxylic acids is 1. The zero-order valence-corrected chi connectivity index (χ0v) is 13.3. The first-order valence-electron chi connectivity index (χ1n) is 6.19. The first kappa shape index (κ1) is 17.2. The molecule has 0 saturated carbocycles. The summed E-state index contributed by atoms with van der Waals surface area (Å²) in [6, 6.07) is 6.74. The molecule has 2 N–H and O–H groups in total. The average molecular weight is 361 g/mol. The molecule has 0 aliphatic heterocycles. The third kappa shape index (κ3) is 4.64. The van der Waals surface area contributed by atoms with Crippen LogP contribution in [0.1, 0.15) is 10.4 Å². The van der Waals surface area contributed by atoms with Crippen LogP contribution in [0.5, 0.6) is 0 Å². The Morgan fingerprint density at radius 2 is 1.74 bits per heavy atom. The van der Waals surface area contributed by atoms with Gasteiger partial charge in [-0.3, -0.25) is 9.52 Å². The first-order valence-corrected chi connectivity index (χ1v) is 8.46. The summed E-state index contributed by atoms with van der Waals surface area (Å²) in [5, 5.41) is 2.52. The van der Waals surface area contributed by atoms with Gasteiger partial charge in [0.1, 0.15) is 11.6 Å². The van der Waals surface area contributed by atoms with Gasteiger partial charge in [-0.2, -0.15) is 0 Å². The number of halogens is 3. The van der Waals surface area contributed by atoms with Gasteiger partial charge in [0.15, 0.2) is 0 Å². The van der Waals surface area contributed by atoms with Crippen LogP contribution >= 0.6 is 11.6 Å². The molecule has 2 aromatic carbocycles. The normalized spacial score (nSPS) is 11.1. The molecule has 23 heavy (non-hydrogen) atoms. The molecule has 2 aromatic rings. The van der Waals surface area contributed by atoms with Crippen molar-refractivity contribution in [3.63, 3.8) is 0 Å². The van der Waals surface area contributed by atoms with Gasteiger partial charge in [0.05, 0.1) is 17.5 Å². The molecule has 0 saturated heterocycles. The van der Waals surface area contributed by atoms with Crippen LogP contribution in [-0.2, 0) is 10.0 Å². The molecule has 0 aliphatic carbocycles. The van der Waals surface area contributed by atoms with Crippen LogP contribution in [0.3, 0.4) is 0 Å². The second-order valence-corrected chi connectivity index (χ2v) is 6.83. The van der Waals surface area contributed by atoms with E-state index in [2.05, 4.69) is 5.32 Å². The maximum absolute atomic E-state index is 13.6. The van der Waals surface area contributed by atoms with Gasteiger partial charge in [0, 0.05) is 10.7 Å². The number of benzene rings is 2. The van der Waals surface area contributed by atoms with Crippen molar-refractivity contribution in [1.29, 1.82) is 0 Å². The van der Waals surface area contributed by atoms with Crippen molar-refractivity contribution in [2.24, 2.45) is 0 Å². The van der Waals surface area contributed by atoms with Crippen LogP contribution < -0.4 is 10.0 Å². The third-order valence-electron chi connectivity index (χ3n) is 2.69. The fourth-order valence-corrected chi connectivity index (χ4v) is 2.48. The third-order valence-corrected chi connectivity index (χ3v) is 3.52. The molecule has 0 heterocycles. The predicted octanol–water partition coefficient (Wildman–Crippen LogP) is 3.24. The Labute approximate surface area is 136 Å². The zero-order chi connectivity index (χ0) is 17.2. The highest BCUT2D eigenvalue weighted by Crippen LogP contribution is 2.22. The van der Waals surface area contributed by atoms with Crippen LogP contribution in [0.2, 0.25) is 5.02 Å². The van der Waals surface area contributed by atoms with Crippen LogP contribution in [0.15, 0.2) is 36.4 Å². The van der Waals surface area contributed by atoms with Gasteiger partial charge in [0.25, 0.3) is 5.91 Å². The summed E-state index contributed by atoms with van der Waals surface area (Å²) in [6.07, 6.45) is 0.860. The average Bonchev–Trinajstić information content (AvgIpc) is 2.43. The van der Waals surface area contributed by atoms with Crippen molar-refractivity contribution < 1.29 is 22.0 Å². The zero-order valence-electron chi connectivity index (χ0n) is 11.7. The minimum Gasteiger partial charge on any atom is -0.322 e. The Bertz CT molecular complexity index is 872. The van der Waals surface area contributed by atoms with Gasteiger partial charge in [0.2, 0.25) is 10.0 Å². The number of anilines is 2. The Morgan fingerprint density at radius 1 is 1.09 bits per heavy atom. The summed E-state index contributed by atoms with van der Waals surface area (Å²) in [6.45, 7) is 0. The van der Waals surface area contributed by atoms with Crippen molar-refractivity contribution in [2.45, 2.75) is 0 Å². The van der Waals surface area contributed by atoms with Crippen LogP contribution in [0.25, 0.3) is 0 Å². The second-order valence-electron chi connectivity index (χ2n) is 4.65. The molecule has 0 bridgehead atoms. The molecule has 0 unspecified atom stereocenters. The summed E-state index contributed by atoms with van der Waals surface area (Å²) in [5.41, 5.74) is -0.543. The Balaban J connectivity index is 2.28. The minimum atomic E-state index is -3.69. The monoisotopic (exact) mass is 360 g/mol. The number of rotatable bonds is 4. The standard InChI is InChI=1S/C14H11ClF2N2O3S/c1-23(21,22)19-13-7-9(3-5-12(13)17)18-14(20)10-6-8(15)2-4-11(10)16/h2-7,19H,1H3,(H,18,20). The minimum absolute atomic E-state index is 0.0851. The maximum Gasteiger partial charge on any atom is 0.258 e. The molecule has 2 rings (SSSR count). The van der Waals surface area contributed by atoms with E-state index in [4.69, 9.17) is 11.6 Å². The molecule has 0 aliphatic rings. The Hall–Kier alpha value is -2.19. The molecule has 1 amide bonds. The molecule has 9 heteroatoms. The lowest BCUT2D eigenvalue weighted by molar-refractivity contribution is 0.102. The molecule has 5 nitrogen and oxygen atoms in total. The van der Waals surface area contributed by atoms with E-state index in [1.807, 2.05) is 4.72 Å². The maximum atomic E-state index is 13.6. The quantitative estimate of drug-likeness (QED) is 0.878. The molecule has 0 aromatic heterocycles. The largest absolute Gasteiger partial charge is 0.322 e. The second kappa shape index (κ2) is 6.51. The van der Waals surface area contributed by atoms with Crippen molar-refractivity contribution in [3.05, 3.63) is 58.6 Å². The van der Waals surface area contributed by atoms with E-state index in [0.717, 1.165) is 30.5 Å².